The van der Waals surface area contributed by atoms with E-state index in [1.807, 2.05) is 24.4 Å². The second-order valence-corrected chi connectivity index (χ2v) is 4.65. The van der Waals surface area contributed by atoms with Gasteiger partial charge in [-0.25, -0.2) is 5.84 Å². The largest absolute Gasteiger partial charge is 0.413 e. The van der Waals surface area contributed by atoms with Crippen molar-refractivity contribution in [2.75, 3.05) is 6.54 Å². The van der Waals surface area contributed by atoms with E-state index in [1.54, 1.807) is 5.01 Å². The van der Waals surface area contributed by atoms with E-state index >= 15 is 0 Å². The van der Waals surface area contributed by atoms with Crippen molar-refractivity contribution in [1.82, 2.24) is 5.01 Å². The van der Waals surface area contributed by atoms with Gasteiger partial charge in [0.15, 0.2) is 0 Å². The molecule has 4 N–H and O–H groups in total. The van der Waals surface area contributed by atoms with Crippen molar-refractivity contribution in [2.45, 2.75) is 0 Å². The van der Waals surface area contributed by atoms with Crippen LogP contribution < -0.4 is 5.84 Å². The fourth-order valence-corrected chi connectivity index (χ4v) is 1.46. The maximum Gasteiger partial charge on any atom is 0.413 e. The molecule has 1 aliphatic heterocycles. The third kappa shape index (κ3) is 11.1. The average Bonchev–Trinajstić information content (AvgIpc) is 1.99. The highest BCUT2D eigenvalue weighted by Gasteiger charge is 2.15. The van der Waals surface area contributed by atoms with E-state index in [1.165, 1.54) is 0 Å². The standard InChI is InChI=1S/C5H8N2.H2O7S2/c6-7-4-2-1-3-5-7;1-8(2,3)7-9(4,5)6/h1-4H,5-6H2;(H,1,2,3)(H,4,5,6). The number of rotatable bonds is 2. The molecule has 0 saturated carbocycles. The predicted octanol–water partition coefficient (Wildman–Crippen LogP) is -1.15. The normalized spacial score (nSPS) is 15.6. The quantitative estimate of drug-likeness (QED) is 0.419. The summed E-state index contributed by atoms with van der Waals surface area (Å²) in [6.45, 7) is 0.830. The van der Waals surface area contributed by atoms with Crippen LogP contribution in [0.1, 0.15) is 0 Å². The van der Waals surface area contributed by atoms with Crippen molar-refractivity contribution in [2.24, 2.45) is 5.84 Å². The van der Waals surface area contributed by atoms with E-state index in [-0.39, 0.29) is 0 Å². The molecule has 1 rings (SSSR count). The zero-order valence-electron chi connectivity index (χ0n) is 7.79. The molecular weight excluding hydrogens is 264 g/mol. The minimum Gasteiger partial charge on any atom is -0.314 e. The first-order valence-electron chi connectivity index (χ1n) is 3.61. The number of nitrogens with zero attached hydrogens (tertiary/aromatic N) is 1. The van der Waals surface area contributed by atoms with Crippen molar-refractivity contribution in [1.29, 1.82) is 0 Å². The molecule has 1 aliphatic rings. The zero-order valence-corrected chi connectivity index (χ0v) is 9.43. The second-order valence-electron chi connectivity index (χ2n) is 2.39. The van der Waals surface area contributed by atoms with Gasteiger partial charge >= 0.3 is 20.8 Å². The van der Waals surface area contributed by atoms with E-state index in [2.05, 4.69) is 3.63 Å². The summed E-state index contributed by atoms with van der Waals surface area (Å²) in [7, 11) is -10.2. The molecular formula is C5H10N2O7S2. The second kappa shape index (κ2) is 5.93. The van der Waals surface area contributed by atoms with Crippen LogP contribution in [0.25, 0.3) is 0 Å². The number of hydrazine groups is 1. The molecule has 0 bridgehead atoms. The van der Waals surface area contributed by atoms with Crippen molar-refractivity contribution in [3.05, 3.63) is 24.4 Å². The third-order valence-corrected chi connectivity index (χ3v) is 2.39. The highest BCUT2D eigenvalue weighted by molar-refractivity contribution is 7.94. The number of hydrogen-bond acceptors (Lipinski definition) is 7. The Balaban J connectivity index is 0.000000288. The van der Waals surface area contributed by atoms with Gasteiger partial charge in [0.25, 0.3) is 0 Å². The summed E-state index contributed by atoms with van der Waals surface area (Å²) in [5, 5.41) is 1.62. The van der Waals surface area contributed by atoms with Gasteiger partial charge in [-0.2, -0.15) is 16.8 Å². The van der Waals surface area contributed by atoms with Gasteiger partial charge in [-0.15, -0.1) is 3.63 Å². The molecule has 0 amide bonds. The smallest absolute Gasteiger partial charge is 0.314 e. The Bertz CT molecular complexity index is 433. The average molecular weight is 274 g/mol. The molecule has 0 fully saturated rings. The van der Waals surface area contributed by atoms with Crippen molar-refractivity contribution in [3.63, 3.8) is 0 Å². The molecule has 0 spiro atoms. The first-order chi connectivity index (χ1) is 7.10. The van der Waals surface area contributed by atoms with Gasteiger partial charge in [0.1, 0.15) is 0 Å². The minimum absolute atomic E-state index is 0.830. The molecule has 9 nitrogen and oxygen atoms in total. The highest BCUT2D eigenvalue weighted by atomic mass is 32.3. The molecule has 0 radical (unpaired) electrons. The Morgan fingerprint density at radius 2 is 1.62 bits per heavy atom. The van der Waals surface area contributed by atoms with Gasteiger partial charge in [0.05, 0.1) is 6.54 Å². The zero-order chi connectivity index (χ0) is 12.8. The maximum absolute atomic E-state index is 9.44. The van der Waals surface area contributed by atoms with Gasteiger partial charge in [-0.1, -0.05) is 12.2 Å². The monoisotopic (exact) mass is 274 g/mol. The summed E-state index contributed by atoms with van der Waals surface area (Å²) in [6, 6.07) is 0. The summed E-state index contributed by atoms with van der Waals surface area (Å²) in [6.07, 6.45) is 7.72. The Morgan fingerprint density at radius 3 is 1.75 bits per heavy atom. The van der Waals surface area contributed by atoms with Crippen LogP contribution in [0.5, 0.6) is 0 Å². The Hall–Kier alpha value is -0.980. The van der Waals surface area contributed by atoms with Crippen molar-refractivity contribution in [3.8, 4) is 0 Å². The minimum atomic E-state index is -5.12. The van der Waals surface area contributed by atoms with Crippen LogP contribution in [-0.4, -0.2) is 37.5 Å². The van der Waals surface area contributed by atoms with Gasteiger partial charge < -0.3 is 5.01 Å². The van der Waals surface area contributed by atoms with Crippen LogP contribution in [0, 0.1) is 0 Å². The maximum atomic E-state index is 9.44. The molecule has 0 aromatic rings. The van der Waals surface area contributed by atoms with Crippen LogP contribution >= 0.6 is 0 Å². The van der Waals surface area contributed by atoms with E-state index < -0.39 is 20.8 Å². The van der Waals surface area contributed by atoms with E-state index in [0.717, 1.165) is 6.54 Å². The van der Waals surface area contributed by atoms with Crippen LogP contribution in [-0.2, 0) is 24.4 Å². The molecule has 0 unspecified atom stereocenters. The number of hydrogen-bond donors (Lipinski definition) is 3. The van der Waals surface area contributed by atoms with Crippen LogP contribution in [0.3, 0.4) is 0 Å². The summed E-state index contributed by atoms with van der Waals surface area (Å²) in [4.78, 5) is 0. The number of nitrogens with two attached hydrogens (primary N) is 1. The molecule has 94 valence electrons. The van der Waals surface area contributed by atoms with Crippen molar-refractivity contribution < 1.29 is 29.6 Å². The lowest BCUT2D eigenvalue weighted by atomic mass is 10.4. The lowest BCUT2D eigenvalue weighted by Crippen LogP contribution is -2.25. The van der Waals surface area contributed by atoms with Crippen molar-refractivity contribution >= 4 is 20.8 Å². The molecule has 0 aromatic carbocycles. The highest BCUT2D eigenvalue weighted by Crippen LogP contribution is 1.91. The fraction of sp³-hybridized carbons (Fsp3) is 0.200. The van der Waals surface area contributed by atoms with Crippen LogP contribution in [0.2, 0.25) is 0 Å². The molecule has 0 aliphatic carbocycles. The van der Waals surface area contributed by atoms with E-state index in [0.29, 0.717) is 0 Å². The Kier molecular flexibility index (Phi) is 5.57. The third-order valence-electron chi connectivity index (χ3n) is 1.01. The fourth-order valence-electron chi connectivity index (χ4n) is 0.591. The molecule has 11 heteroatoms. The first-order valence-corrected chi connectivity index (χ1v) is 6.34. The molecule has 1 heterocycles. The first kappa shape index (κ1) is 15.0. The van der Waals surface area contributed by atoms with Gasteiger partial charge in [0.2, 0.25) is 0 Å². The van der Waals surface area contributed by atoms with Crippen LogP contribution in [0.15, 0.2) is 24.4 Å². The predicted molar refractivity (Wildman–Crippen MR) is 53.4 cm³/mol. The SMILES string of the molecule is NN1C=CC=CC1.O=S(=O)(O)OS(=O)(=O)O. The summed E-state index contributed by atoms with van der Waals surface area (Å²) in [5.41, 5.74) is 0. The lowest BCUT2D eigenvalue weighted by molar-refractivity contribution is 0.344. The van der Waals surface area contributed by atoms with E-state index in [9.17, 15) is 16.8 Å². The molecule has 16 heavy (non-hydrogen) atoms. The topological polar surface area (TPSA) is 147 Å². The number of allylic oxidation sites excluding steroid dienone is 2. The van der Waals surface area contributed by atoms with Gasteiger partial charge in [-0.3, -0.25) is 9.11 Å². The summed E-state index contributed by atoms with van der Waals surface area (Å²) < 4.78 is 55.6. The van der Waals surface area contributed by atoms with E-state index in [4.69, 9.17) is 14.9 Å². The Morgan fingerprint density at radius 1 is 1.12 bits per heavy atom. The molecule has 0 saturated heterocycles. The van der Waals surface area contributed by atoms with Crippen LogP contribution in [0.4, 0.5) is 0 Å². The molecule has 0 aromatic heterocycles. The Labute approximate surface area is 92.7 Å². The summed E-state index contributed by atoms with van der Waals surface area (Å²) in [5.74, 6) is 5.33. The summed E-state index contributed by atoms with van der Waals surface area (Å²) >= 11 is 0. The van der Waals surface area contributed by atoms with Gasteiger partial charge in [-0.05, 0) is 6.08 Å². The van der Waals surface area contributed by atoms with Gasteiger partial charge in [0, 0.05) is 6.20 Å². The molecule has 0 atom stereocenters. The lowest BCUT2D eigenvalue weighted by Gasteiger charge is -2.11.